The van der Waals surface area contributed by atoms with E-state index in [1.165, 1.54) is 6.33 Å². The molecule has 0 saturated carbocycles. The number of phenolic OH excluding ortho intramolecular Hbond substituents is 1. The average Bonchev–Trinajstić information content (AvgIpc) is 2.50. The van der Waals surface area contributed by atoms with Crippen molar-refractivity contribution in [2.24, 2.45) is 0 Å². The first kappa shape index (κ1) is 13.8. The molecule has 1 heterocycles. The number of nitrogens with one attached hydrogen (secondary N) is 2. The number of nitrogens with zero attached hydrogens (tertiary/aromatic N) is 3. The van der Waals surface area contributed by atoms with Gasteiger partial charge >= 0.3 is 0 Å². The van der Waals surface area contributed by atoms with Gasteiger partial charge in [0.15, 0.2) is 0 Å². The second kappa shape index (κ2) is 6.09. The van der Waals surface area contributed by atoms with Crippen molar-refractivity contribution in [3.05, 3.63) is 60.4 Å². The summed E-state index contributed by atoms with van der Waals surface area (Å²) in [6, 6.07) is 14.6. The van der Waals surface area contributed by atoms with E-state index < -0.39 is 0 Å². The average molecular weight is 293 g/mol. The highest BCUT2D eigenvalue weighted by molar-refractivity contribution is 5.58. The molecule has 22 heavy (non-hydrogen) atoms. The maximum absolute atomic E-state index is 9.27. The molecule has 0 radical (unpaired) electrons. The monoisotopic (exact) mass is 293 g/mol. The topological polar surface area (TPSA) is 83.0 Å². The summed E-state index contributed by atoms with van der Waals surface area (Å²) in [5.74, 6) is 1.10. The van der Waals surface area contributed by atoms with E-state index in [0.29, 0.717) is 11.9 Å². The van der Waals surface area contributed by atoms with Gasteiger partial charge < -0.3 is 15.7 Å². The molecule has 6 heteroatoms. The normalized spacial score (nSPS) is 10.2. The van der Waals surface area contributed by atoms with Gasteiger partial charge in [-0.05, 0) is 48.9 Å². The minimum absolute atomic E-state index is 0.211. The van der Waals surface area contributed by atoms with Crippen LogP contribution < -0.4 is 10.6 Å². The van der Waals surface area contributed by atoms with Crippen LogP contribution in [0.5, 0.6) is 5.75 Å². The van der Waals surface area contributed by atoms with E-state index in [1.54, 1.807) is 24.3 Å². The van der Waals surface area contributed by atoms with Crippen LogP contribution in [0, 0.1) is 6.92 Å². The fourth-order valence-corrected chi connectivity index (χ4v) is 1.94. The standard InChI is InChI=1S/C16H15N5O/c1-11-3-2-4-13(9-11)20-16-18-10-17-15(21-16)19-12-5-7-14(22)8-6-12/h2-10,22H,1H3,(H2,17,18,19,20,21). The molecule has 0 spiro atoms. The third kappa shape index (κ3) is 3.49. The molecule has 6 nitrogen and oxygen atoms in total. The van der Waals surface area contributed by atoms with Gasteiger partial charge in [0, 0.05) is 11.4 Å². The van der Waals surface area contributed by atoms with Crippen LogP contribution >= 0.6 is 0 Å². The van der Waals surface area contributed by atoms with Gasteiger partial charge in [0.2, 0.25) is 11.9 Å². The van der Waals surface area contributed by atoms with Crippen LogP contribution in [0.4, 0.5) is 23.3 Å². The van der Waals surface area contributed by atoms with Crippen LogP contribution in [-0.2, 0) is 0 Å². The van der Waals surface area contributed by atoms with Crippen molar-refractivity contribution in [2.75, 3.05) is 10.6 Å². The molecular formula is C16H15N5O. The summed E-state index contributed by atoms with van der Waals surface area (Å²) >= 11 is 0. The lowest BCUT2D eigenvalue weighted by Crippen LogP contribution is -2.02. The first-order chi connectivity index (χ1) is 10.7. The Balaban J connectivity index is 1.76. The zero-order valence-electron chi connectivity index (χ0n) is 12.0. The molecular weight excluding hydrogens is 278 g/mol. The molecule has 1 aromatic heterocycles. The number of phenols is 1. The molecule has 3 rings (SSSR count). The Labute approximate surface area is 127 Å². The van der Waals surface area contributed by atoms with Crippen molar-refractivity contribution >= 4 is 23.3 Å². The maximum atomic E-state index is 9.27. The molecule has 110 valence electrons. The Hall–Kier alpha value is -3.15. The Morgan fingerprint density at radius 2 is 1.55 bits per heavy atom. The zero-order chi connectivity index (χ0) is 15.4. The van der Waals surface area contributed by atoms with Gasteiger partial charge in [0.1, 0.15) is 12.1 Å². The predicted octanol–water partition coefficient (Wildman–Crippen LogP) is 3.37. The van der Waals surface area contributed by atoms with Crippen molar-refractivity contribution in [3.63, 3.8) is 0 Å². The van der Waals surface area contributed by atoms with Gasteiger partial charge in [-0.25, -0.2) is 9.97 Å². The highest BCUT2D eigenvalue weighted by Gasteiger charge is 2.02. The summed E-state index contributed by atoms with van der Waals surface area (Å²) in [5.41, 5.74) is 2.86. The second-order valence-electron chi connectivity index (χ2n) is 4.80. The summed E-state index contributed by atoms with van der Waals surface area (Å²) in [5, 5.41) is 15.5. The van der Waals surface area contributed by atoms with E-state index in [4.69, 9.17) is 0 Å². The minimum Gasteiger partial charge on any atom is -0.508 e. The molecule has 2 aromatic carbocycles. The van der Waals surface area contributed by atoms with Crippen molar-refractivity contribution < 1.29 is 5.11 Å². The first-order valence-electron chi connectivity index (χ1n) is 6.78. The largest absolute Gasteiger partial charge is 0.508 e. The number of aryl methyl sites for hydroxylation is 1. The van der Waals surface area contributed by atoms with Crippen LogP contribution in [-0.4, -0.2) is 20.1 Å². The molecule has 0 atom stereocenters. The lowest BCUT2D eigenvalue weighted by Gasteiger charge is -2.08. The molecule has 0 bridgehead atoms. The Morgan fingerprint density at radius 3 is 2.23 bits per heavy atom. The number of hydrogen-bond acceptors (Lipinski definition) is 6. The SMILES string of the molecule is Cc1cccc(Nc2ncnc(Nc3ccc(O)cc3)n2)c1. The van der Waals surface area contributed by atoms with E-state index in [-0.39, 0.29) is 5.75 Å². The fraction of sp³-hybridized carbons (Fsp3) is 0.0625. The quantitative estimate of drug-likeness (QED) is 0.640. The zero-order valence-corrected chi connectivity index (χ0v) is 12.0. The van der Waals surface area contributed by atoms with Gasteiger partial charge in [0.25, 0.3) is 0 Å². The summed E-state index contributed by atoms with van der Waals surface area (Å²) in [4.78, 5) is 12.5. The molecule has 0 unspecified atom stereocenters. The van der Waals surface area contributed by atoms with Gasteiger partial charge in [-0.1, -0.05) is 12.1 Å². The highest BCUT2D eigenvalue weighted by Crippen LogP contribution is 2.18. The Morgan fingerprint density at radius 1 is 0.864 bits per heavy atom. The molecule has 0 aliphatic carbocycles. The van der Waals surface area contributed by atoms with E-state index in [9.17, 15) is 5.11 Å². The molecule has 0 saturated heterocycles. The van der Waals surface area contributed by atoms with E-state index >= 15 is 0 Å². The fourth-order valence-electron chi connectivity index (χ4n) is 1.94. The van der Waals surface area contributed by atoms with Gasteiger partial charge in [-0.2, -0.15) is 4.98 Å². The van der Waals surface area contributed by atoms with Crippen molar-refractivity contribution in [1.82, 2.24) is 15.0 Å². The van der Waals surface area contributed by atoms with Crippen molar-refractivity contribution in [3.8, 4) is 5.75 Å². The third-order valence-electron chi connectivity index (χ3n) is 2.97. The van der Waals surface area contributed by atoms with Crippen molar-refractivity contribution in [1.29, 1.82) is 0 Å². The number of aromatic hydroxyl groups is 1. The summed E-state index contributed by atoms with van der Waals surface area (Å²) in [6.45, 7) is 2.02. The minimum atomic E-state index is 0.211. The third-order valence-corrected chi connectivity index (χ3v) is 2.97. The van der Waals surface area contributed by atoms with Gasteiger partial charge in [0.05, 0.1) is 0 Å². The summed E-state index contributed by atoms with van der Waals surface area (Å²) in [7, 11) is 0. The second-order valence-corrected chi connectivity index (χ2v) is 4.80. The summed E-state index contributed by atoms with van der Waals surface area (Å²) in [6.07, 6.45) is 1.44. The van der Waals surface area contributed by atoms with Crippen molar-refractivity contribution in [2.45, 2.75) is 6.92 Å². The van der Waals surface area contributed by atoms with Gasteiger partial charge in [-0.3, -0.25) is 0 Å². The molecule has 0 amide bonds. The molecule has 0 aliphatic heterocycles. The highest BCUT2D eigenvalue weighted by atomic mass is 16.3. The lowest BCUT2D eigenvalue weighted by molar-refractivity contribution is 0.475. The Kier molecular flexibility index (Phi) is 3.82. The molecule has 0 aliphatic rings. The molecule has 3 aromatic rings. The van der Waals surface area contributed by atoms with E-state index in [1.807, 2.05) is 31.2 Å². The predicted molar refractivity (Wildman–Crippen MR) is 85.7 cm³/mol. The number of hydrogen-bond donors (Lipinski definition) is 3. The van der Waals surface area contributed by atoms with E-state index in [0.717, 1.165) is 16.9 Å². The van der Waals surface area contributed by atoms with Crippen LogP contribution in [0.3, 0.4) is 0 Å². The number of anilines is 4. The van der Waals surface area contributed by atoms with E-state index in [2.05, 4.69) is 25.6 Å². The number of aromatic nitrogens is 3. The van der Waals surface area contributed by atoms with Crippen LogP contribution in [0.15, 0.2) is 54.9 Å². The summed E-state index contributed by atoms with van der Waals surface area (Å²) < 4.78 is 0. The Bertz CT molecular complexity index is 773. The molecule has 0 fully saturated rings. The van der Waals surface area contributed by atoms with Crippen LogP contribution in [0.25, 0.3) is 0 Å². The number of rotatable bonds is 4. The molecule has 3 N–H and O–H groups in total. The van der Waals surface area contributed by atoms with Gasteiger partial charge in [-0.15, -0.1) is 0 Å². The maximum Gasteiger partial charge on any atom is 0.232 e. The first-order valence-corrected chi connectivity index (χ1v) is 6.78. The smallest absolute Gasteiger partial charge is 0.232 e. The van der Waals surface area contributed by atoms with Crippen LogP contribution in [0.2, 0.25) is 0 Å². The number of benzene rings is 2. The van der Waals surface area contributed by atoms with Crippen LogP contribution in [0.1, 0.15) is 5.56 Å². The lowest BCUT2D eigenvalue weighted by atomic mass is 10.2.